The summed E-state index contributed by atoms with van der Waals surface area (Å²) in [5.41, 5.74) is 0.769. The number of anilines is 1. The Kier molecular flexibility index (Phi) is 3.85. The number of carbonyl (C=O) groups excluding carboxylic acids is 3. The predicted molar refractivity (Wildman–Crippen MR) is 69.4 cm³/mol. The van der Waals surface area contributed by atoms with Crippen molar-refractivity contribution in [3.63, 3.8) is 0 Å². The van der Waals surface area contributed by atoms with E-state index in [4.69, 9.17) is 16.3 Å². The molecule has 6 heteroatoms. The summed E-state index contributed by atoms with van der Waals surface area (Å²) in [6.45, 7) is 2.12. The number of ketones is 1. The van der Waals surface area contributed by atoms with Crippen LogP contribution in [0, 0.1) is 0 Å². The molecule has 2 rings (SSSR count). The third-order valence-electron chi connectivity index (χ3n) is 2.78. The normalized spacial score (nSPS) is 13.7. The van der Waals surface area contributed by atoms with E-state index in [1.165, 1.54) is 11.0 Å². The highest BCUT2D eigenvalue weighted by atomic mass is 35.5. The van der Waals surface area contributed by atoms with Crippen molar-refractivity contribution in [3.8, 4) is 0 Å². The molecule has 19 heavy (non-hydrogen) atoms. The zero-order valence-corrected chi connectivity index (χ0v) is 11.1. The molecule has 1 aromatic rings. The van der Waals surface area contributed by atoms with Crippen molar-refractivity contribution in [2.24, 2.45) is 0 Å². The Hall–Kier alpha value is -1.88. The first-order valence-corrected chi connectivity index (χ1v) is 6.23. The van der Waals surface area contributed by atoms with E-state index >= 15 is 0 Å². The number of hydrogen-bond acceptors (Lipinski definition) is 4. The van der Waals surface area contributed by atoms with Gasteiger partial charge < -0.3 is 9.64 Å². The van der Waals surface area contributed by atoms with Crippen LogP contribution in [0.25, 0.3) is 0 Å². The van der Waals surface area contributed by atoms with Crippen LogP contribution >= 0.6 is 11.6 Å². The van der Waals surface area contributed by atoms with Crippen molar-refractivity contribution < 1.29 is 19.1 Å². The van der Waals surface area contributed by atoms with E-state index in [-0.39, 0.29) is 25.1 Å². The van der Waals surface area contributed by atoms with Gasteiger partial charge in [0.05, 0.1) is 24.3 Å². The average molecular weight is 282 g/mol. The molecule has 0 fully saturated rings. The zero-order chi connectivity index (χ0) is 14.0. The summed E-state index contributed by atoms with van der Waals surface area (Å²) >= 11 is 5.80. The molecule has 5 nitrogen and oxygen atoms in total. The highest BCUT2D eigenvalue weighted by molar-refractivity contribution is 6.52. The van der Waals surface area contributed by atoms with Crippen molar-refractivity contribution in [3.05, 3.63) is 28.8 Å². The highest BCUT2D eigenvalue weighted by Gasteiger charge is 2.35. The van der Waals surface area contributed by atoms with Gasteiger partial charge in [0.2, 0.25) is 0 Å². The van der Waals surface area contributed by atoms with Gasteiger partial charge in [0, 0.05) is 11.6 Å². The minimum atomic E-state index is -0.637. The summed E-state index contributed by atoms with van der Waals surface area (Å²) < 4.78 is 4.79. The van der Waals surface area contributed by atoms with Crippen LogP contribution < -0.4 is 4.90 Å². The maximum absolute atomic E-state index is 11.8. The number of amides is 1. The number of nitrogens with zero attached hydrogens (tertiary/aromatic N) is 1. The maximum atomic E-state index is 11.8. The molecule has 0 saturated carbocycles. The Morgan fingerprint density at radius 1 is 1.37 bits per heavy atom. The molecule has 0 aromatic heterocycles. The topological polar surface area (TPSA) is 63.7 Å². The second-order valence-electron chi connectivity index (χ2n) is 4.00. The molecule has 0 N–H and O–H groups in total. The minimum Gasteiger partial charge on any atom is -0.466 e. The summed E-state index contributed by atoms with van der Waals surface area (Å²) in [5, 5.41) is 0.396. The van der Waals surface area contributed by atoms with E-state index < -0.39 is 17.7 Å². The molecule has 1 heterocycles. The number of halogens is 1. The van der Waals surface area contributed by atoms with Crippen LogP contribution in [0.4, 0.5) is 5.69 Å². The van der Waals surface area contributed by atoms with Crippen LogP contribution in [-0.2, 0) is 14.3 Å². The van der Waals surface area contributed by atoms with Crippen molar-refractivity contribution in [1.29, 1.82) is 0 Å². The summed E-state index contributed by atoms with van der Waals surface area (Å²) in [6, 6.07) is 4.66. The summed E-state index contributed by atoms with van der Waals surface area (Å²) in [7, 11) is 0. The molecule has 0 spiro atoms. The Balaban J connectivity index is 2.17. The van der Waals surface area contributed by atoms with E-state index in [9.17, 15) is 14.4 Å². The molecule has 0 saturated heterocycles. The molecule has 100 valence electrons. The quantitative estimate of drug-likeness (QED) is 0.624. The molecular weight excluding hydrogens is 270 g/mol. The lowest BCUT2D eigenvalue weighted by atomic mass is 10.1. The zero-order valence-electron chi connectivity index (χ0n) is 10.3. The molecule has 1 amide bonds. The van der Waals surface area contributed by atoms with Gasteiger partial charge in [0.15, 0.2) is 0 Å². The van der Waals surface area contributed by atoms with Crippen LogP contribution in [0.5, 0.6) is 0 Å². The van der Waals surface area contributed by atoms with E-state index in [1.807, 2.05) is 0 Å². The second-order valence-corrected chi connectivity index (χ2v) is 4.44. The monoisotopic (exact) mass is 281 g/mol. The smallest absolute Gasteiger partial charge is 0.307 e. The number of hydrogen-bond donors (Lipinski definition) is 0. The van der Waals surface area contributed by atoms with E-state index in [0.717, 1.165) is 0 Å². The minimum absolute atomic E-state index is 0.0505. The van der Waals surface area contributed by atoms with Gasteiger partial charge in [-0.3, -0.25) is 14.4 Å². The van der Waals surface area contributed by atoms with Crippen molar-refractivity contribution >= 4 is 34.9 Å². The van der Waals surface area contributed by atoms with Crippen LogP contribution in [0.15, 0.2) is 18.2 Å². The standard InChI is InChI=1S/C13H12ClNO4/c1-2-19-11(16)5-6-15-10-4-3-8(14)7-9(10)12(17)13(15)18/h3-4,7H,2,5-6H2,1H3. The number of Topliss-reactive ketones (excluding diaryl/α,β-unsaturated/α-hetero) is 1. The highest BCUT2D eigenvalue weighted by Crippen LogP contribution is 2.31. The molecule has 1 aromatic carbocycles. The summed E-state index contributed by atoms with van der Waals surface area (Å²) in [6.07, 6.45) is 0.0505. The Bertz CT molecular complexity index is 556. The number of benzene rings is 1. The SMILES string of the molecule is CCOC(=O)CCN1C(=O)C(=O)c2cc(Cl)ccc21. The van der Waals surface area contributed by atoms with Crippen molar-refractivity contribution in [2.45, 2.75) is 13.3 Å². The second kappa shape index (κ2) is 5.40. The predicted octanol–water partition coefficient (Wildman–Crippen LogP) is 1.82. The summed E-state index contributed by atoms with van der Waals surface area (Å²) in [5.74, 6) is -1.63. The van der Waals surface area contributed by atoms with Gasteiger partial charge in [-0.15, -0.1) is 0 Å². The fourth-order valence-electron chi connectivity index (χ4n) is 1.93. The van der Waals surface area contributed by atoms with Gasteiger partial charge in [0.25, 0.3) is 11.7 Å². The van der Waals surface area contributed by atoms with Gasteiger partial charge in [0.1, 0.15) is 0 Å². The lowest BCUT2D eigenvalue weighted by molar-refractivity contribution is -0.142. The molecule has 0 aliphatic carbocycles. The van der Waals surface area contributed by atoms with Gasteiger partial charge in [-0.25, -0.2) is 0 Å². The average Bonchev–Trinajstić information content (AvgIpc) is 2.61. The maximum Gasteiger partial charge on any atom is 0.307 e. The van der Waals surface area contributed by atoms with E-state index in [2.05, 4.69) is 0 Å². The Morgan fingerprint density at radius 3 is 2.79 bits per heavy atom. The van der Waals surface area contributed by atoms with Crippen LogP contribution in [0.2, 0.25) is 5.02 Å². The van der Waals surface area contributed by atoms with Gasteiger partial charge in [-0.2, -0.15) is 0 Å². The molecular formula is C13H12ClNO4. The van der Waals surface area contributed by atoms with Gasteiger partial charge in [-0.1, -0.05) is 11.6 Å². The first-order valence-electron chi connectivity index (χ1n) is 5.86. The number of carbonyl (C=O) groups is 3. The first kappa shape index (κ1) is 13.5. The fourth-order valence-corrected chi connectivity index (χ4v) is 2.10. The van der Waals surface area contributed by atoms with Crippen LogP contribution in [-0.4, -0.2) is 30.8 Å². The number of rotatable bonds is 4. The number of fused-ring (bicyclic) bond motifs is 1. The molecule has 0 atom stereocenters. The number of ether oxygens (including phenoxy) is 1. The third kappa shape index (κ3) is 2.61. The van der Waals surface area contributed by atoms with E-state index in [1.54, 1.807) is 19.1 Å². The molecule has 1 aliphatic rings. The molecule has 0 bridgehead atoms. The number of esters is 1. The first-order chi connectivity index (χ1) is 9.04. The molecule has 1 aliphatic heterocycles. The largest absolute Gasteiger partial charge is 0.466 e. The summed E-state index contributed by atoms with van der Waals surface area (Å²) in [4.78, 5) is 36.2. The third-order valence-corrected chi connectivity index (χ3v) is 3.01. The van der Waals surface area contributed by atoms with Crippen molar-refractivity contribution in [1.82, 2.24) is 0 Å². The van der Waals surface area contributed by atoms with Crippen molar-refractivity contribution in [2.75, 3.05) is 18.1 Å². The molecule has 0 unspecified atom stereocenters. The van der Waals surface area contributed by atoms with Gasteiger partial charge in [-0.05, 0) is 25.1 Å². The van der Waals surface area contributed by atoms with Gasteiger partial charge >= 0.3 is 5.97 Å². The Morgan fingerprint density at radius 2 is 2.11 bits per heavy atom. The van der Waals surface area contributed by atoms with E-state index in [0.29, 0.717) is 10.7 Å². The van der Waals surface area contributed by atoms with Crippen LogP contribution in [0.1, 0.15) is 23.7 Å². The lowest BCUT2D eigenvalue weighted by Crippen LogP contribution is -2.32. The fraction of sp³-hybridized carbons (Fsp3) is 0.308. The van der Waals surface area contributed by atoms with Crippen LogP contribution in [0.3, 0.4) is 0 Å². The molecule has 0 radical (unpaired) electrons. The Labute approximate surface area is 115 Å². The lowest BCUT2D eigenvalue weighted by Gasteiger charge is -2.15.